The van der Waals surface area contributed by atoms with Crippen LogP contribution in [0.2, 0.25) is 5.02 Å². The van der Waals surface area contributed by atoms with Crippen molar-refractivity contribution in [2.45, 2.75) is 0 Å². The Bertz CT molecular complexity index is 764. The second kappa shape index (κ2) is 6.97. The van der Waals surface area contributed by atoms with E-state index in [2.05, 4.69) is 5.32 Å². The number of carbonyl (C=O) groups is 1. The van der Waals surface area contributed by atoms with Crippen LogP contribution < -0.4 is 14.8 Å². The van der Waals surface area contributed by atoms with Gasteiger partial charge in [-0.05, 0) is 18.2 Å². The van der Waals surface area contributed by atoms with E-state index in [4.69, 9.17) is 21.1 Å². The Hall–Kier alpha value is -2.80. The number of hydrogen-bond donors (Lipinski definition) is 1. The van der Waals surface area contributed by atoms with Crippen LogP contribution in [0.4, 0.5) is 11.4 Å². The zero-order chi connectivity index (χ0) is 17.0. The highest BCUT2D eigenvalue weighted by molar-refractivity contribution is 6.34. The van der Waals surface area contributed by atoms with Crippen molar-refractivity contribution in [3.05, 3.63) is 57.1 Å². The summed E-state index contributed by atoms with van der Waals surface area (Å²) in [5, 5.41) is 13.3. The third-order valence-electron chi connectivity index (χ3n) is 3.06. The maximum Gasteiger partial charge on any atom is 0.270 e. The van der Waals surface area contributed by atoms with E-state index in [9.17, 15) is 14.9 Å². The number of nitro groups is 1. The molecule has 0 heterocycles. The van der Waals surface area contributed by atoms with E-state index in [1.54, 1.807) is 18.2 Å². The Kier molecular flexibility index (Phi) is 5.02. The van der Waals surface area contributed by atoms with Gasteiger partial charge in [-0.15, -0.1) is 0 Å². The molecule has 23 heavy (non-hydrogen) atoms. The van der Waals surface area contributed by atoms with Crippen molar-refractivity contribution in [3.8, 4) is 11.5 Å². The Morgan fingerprint density at radius 2 is 1.91 bits per heavy atom. The molecule has 0 aliphatic rings. The first kappa shape index (κ1) is 16.6. The molecule has 2 rings (SSSR count). The lowest BCUT2D eigenvalue weighted by Gasteiger charge is -2.12. The van der Waals surface area contributed by atoms with Gasteiger partial charge in [0.15, 0.2) is 0 Å². The standard InChI is InChI=1S/C15H13ClN2O5/c1-22-10-4-6-14(23-2)13(8-10)17-15(19)11-5-3-9(18(20)21)7-12(11)16/h3-8H,1-2H3,(H,17,19). The van der Waals surface area contributed by atoms with Crippen molar-refractivity contribution in [3.63, 3.8) is 0 Å². The molecule has 0 unspecified atom stereocenters. The number of nitrogens with one attached hydrogen (secondary N) is 1. The monoisotopic (exact) mass is 336 g/mol. The van der Waals surface area contributed by atoms with Crippen LogP contribution in [-0.4, -0.2) is 25.1 Å². The second-order valence-electron chi connectivity index (χ2n) is 4.44. The number of ether oxygens (including phenoxy) is 2. The Labute approximate surface area is 136 Å². The SMILES string of the molecule is COc1ccc(OC)c(NC(=O)c2ccc([N+](=O)[O-])cc2Cl)c1. The molecule has 2 aromatic rings. The zero-order valence-corrected chi connectivity index (χ0v) is 13.1. The van der Waals surface area contributed by atoms with Gasteiger partial charge < -0.3 is 14.8 Å². The summed E-state index contributed by atoms with van der Waals surface area (Å²) in [6, 6.07) is 8.56. The molecule has 0 atom stereocenters. The number of halogens is 1. The van der Waals surface area contributed by atoms with Crippen LogP contribution in [0.1, 0.15) is 10.4 Å². The Balaban J connectivity index is 2.30. The first-order chi connectivity index (χ1) is 11.0. The number of benzene rings is 2. The average Bonchev–Trinajstić information content (AvgIpc) is 2.54. The molecule has 1 N–H and O–H groups in total. The number of nitro benzene ring substituents is 1. The summed E-state index contributed by atoms with van der Waals surface area (Å²) in [6.07, 6.45) is 0. The van der Waals surface area contributed by atoms with E-state index in [1.165, 1.54) is 26.4 Å². The van der Waals surface area contributed by atoms with Crippen molar-refractivity contribution >= 4 is 28.9 Å². The number of anilines is 1. The summed E-state index contributed by atoms with van der Waals surface area (Å²) in [5.74, 6) is 0.463. The molecular formula is C15H13ClN2O5. The molecule has 1 amide bonds. The van der Waals surface area contributed by atoms with Gasteiger partial charge >= 0.3 is 0 Å². The summed E-state index contributed by atoms with van der Waals surface area (Å²) in [5.41, 5.74) is 0.318. The molecule has 0 saturated heterocycles. The minimum atomic E-state index is -0.585. The summed E-state index contributed by atoms with van der Waals surface area (Å²) in [4.78, 5) is 22.4. The highest BCUT2D eigenvalue weighted by atomic mass is 35.5. The average molecular weight is 337 g/mol. The summed E-state index contributed by atoms with van der Waals surface area (Å²) in [6.45, 7) is 0. The number of hydrogen-bond acceptors (Lipinski definition) is 5. The fourth-order valence-corrected chi connectivity index (χ4v) is 2.16. The zero-order valence-electron chi connectivity index (χ0n) is 12.3. The molecule has 0 fully saturated rings. The van der Waals surface area contributed by atoms with E-state index in [0.717, 1.165) is 6.07 Å². The molecule has 2 aromatic carbocycles. The number of amides is 1. The third-order valence-corrected chi connectivity index (χ3v) is 3.38. The number of non-ortho nitro benzene ring substituents is 1. The number of carbonyl (C=O) groups excluding carboxylic acids is 1. The van der Waals surface area contributed by atoms with Crippen molar-refractivity contribution in [2.75, 3.05) is 19.5 Å². The van der Waals surface area contributed by atoms with Crippen LogP contribution in [0, 0.1) is 10.1 Å². The van der Waals surface area contributed by atoms with Crippen molar-refractivity contribution in [1.82, 2.24) is 0 Å². The lowest BCUT2D eigenvalue weighted by atomic mass is 10.2. The first-order valence-corrected chi connectivity index (χ1v) is 6.81. The molecule has 8 heteroatoms. The van der Waals surface area contributed by atoms with Crippen LogP contribution in [0.5, 0.6) is 11.5 Å². The predicted octanol–water partition coefficient (Wildman–Crippen LogP) is 3.52. The van der Waals surface area contributed by atoms with Crippen LogP contribution in [0.3, 0.4) is 0 Å². The largest absolute Gasteiger partial charge is 0.497 e. The van der Waals surface area contributed by atoms with Crippen LogP contribution in [0.15, 0.2) is 36.4 Å². The number of rotatable bonds is 5. The number of methoxy groups -OCH3 is 2. The molecule has 0 bridgehead atoms. The van der Waals surface area contributed by atoms with Gasteiger partial charge in [-0.25, -0.2) is 0 Å². The van der Waals surface area contributed by atoms with Gasteiger partial charge in [0.1, 0.15) is 11.5 Å². The van der Waals surface area contributed by atoms with Crippen molar-refractivity contribution in [1.29, 1.82) is 0 Å². The fourth-order valence-electron chi connectivity index (χ4n) is 1.90. The first-order valence-electron chi connectivity index (χ1n) is 6.43. The van der Waals surface area contributed by atoms with Crippen LogP contribution in [0.25, 0.3) is 0 Å². The molecular weight excluding hydrogens is 324 g/mol. The van der Waals surface area contributed by atoms with E-state index in [-0.39, 0.29) is 16.3 Å². The van der Waals surface area contributed by atoms with Gasteiger partial charge in [-0.3, -0.25) is 14.9 Å². The van der Waals surface area contributed by atoms with E-state index in [0.29, 0.717) is 17.2 Å². The Morgan fingerprint density at radius 3 is 2.48 bits per heavy atom. The smallest absolute Gasteiger partial charge is 0.270 e. The molecule has 0 spiro atoms. The molecule has 120 valence electrons. The summed E-state index contributed by atoms with van der Waals surface area (Å²) < 4.78 is 10.3. The molecule has 7 nitrogen and oxygen atoms in total. The summed E-state index contributed by atoms with van der Waals surface area (Å²) in [7, 11) is 2.97. The molecule has 0 saturated carbocycles. The summed E-state index contributed by atoms with van der Waals surface area (Å²) >= 11 is 5.95. The lowest BCUT2D eigenvalue weighted by Crippen LogP contribution is -2.13. The molecule has 0 aliphatic heterocycles. The van der Waals surface area contributed by atoms with Gasteiger partial charge in [0, 0.05) is 18.2 Å². The Morgan fingerprint density at radius 1 is 1.17 bits per heavy atom. The van der Waals surface area contributed by atoms with Gasteiger partial charge in [0.05, 0.1) is 35.4 Å². The van der Waals surface area contributed by atoms with E-state index in [1.807, 2.05) is 0 Å². The second-order valence-corrected chi connectivity index (χ2v) is 4.85. The maximum atomic E-state index is 12.3. The van der Waals surface area contributed by atoms with Crippen molar-refractivity contribution in [2.24, 2.45) is 0 Å². The molecule has 0 aliphatic carbocycles. The van der Waals surface area contributed by atoms with Gasteiger partial charge in [-0.2, -0.15) is 0 Å². The lowest BCUT2D eigenvalue weighted by molar-refractivity contribution is -0.384. The van der Waals surface area contributed by atoms with Crippen LogP contribution in [-0.2, 0) is 0 Å². The third kappa shape index (κ3) is 3.70. The van der Waals surface area contributed by atoms with E-state index < -0.39 is 10.8 Å². The highest BCUT2D eigenvalue weighted by Crippen LogP contribution is 2.30. The van der Waals surface area contributed by atoms with Crippen molar-refractivity contribution < 1.29 is 19.2 Å². The number of nitrogens with zero attached hydrogens (tertiary/aromatic N) is 1. The van der Waals surface area contributed by atoms with Gasteiger partial charge in [0.2, 0.25) is 0 Å². The normalized spacial score (nSPS) is 10.0. The quantitative estimate of drug-likeness (QED) is 0.666. The molecule has 0 radical (unpaired) electrons. The predicted molar refractivity (Wildman–Crippen MR) is 85.6 cm³/mol. The highest BCUT2D eigenvalue weighted by Gasteiger charge is 2.16. The minimum Gasteiger partial charge on any atom is -0.497 e. The van der Waals surface area contributed by atoms with Crippen LogP contribution >= 0.6 is 11.6 Å². The molecule has 0 aromatic heterocycles. The van der Waals surface area contributed by atoms with Gasteiger partial charge in [-0.1, -0.05) is 11.6 Å². The topological polar surface area (TPSA) is 90.7 Å². The van der Waals surface area contributed by atoms with E-state index >= 15 is 0 Å². The van der Waals surface area contributed by atoms with Gasteiger partial charge in [0.25, 0.3) is 11.6 Å². The fraction of sp³-hybridized carbons (Fsp3) is 0.133. The maximum absolute atomic E-state index is 12.3. The minimum absolute atomic E-state index is 0.0152.